The molecule has 0 saturated heterocycles. The molecule has 0 bridgehead atoms. The number of benzene rings is 2. The maximum atomic E-state index is 13.6. The Balaban J connectivity index is 2.10. The van der Waals surface area contributed by atoms with Crippen LogP contribution in [0.4, 0.5) is 18.9 Å². The number of amides is 1. The average molecular weight is 383 g/mol. The summed E-state index contributed by atoms with van der Waals surface area (Å²) in [7, 11) is 2.78. The Morgan fingerprint density at radius 2 is 1.70 bits per heavy atom. The van der Waals surface area contributed by atoms with Crippen LogP contribution in [0.3, 0.4) is 0 Å². The number of nitrogens with one attached hydrogen (secondary N) is 1. The molecule has 0 aromatic heterocycles. The van der Waals surface area contributed by atoms with Crippen LogP contribution in [0.5, 0.6) is 11.5 Å². The Kier molecular flexibility index (Phi) is 6.27. The molecule has 1 amide bonds. The van der Waals surface area contributed by atoms with Crippen LogP contribution in [0.25, 0.3) is 0 Å². The van der Waals surface area contributed by atoms with E-state index in [1.54, 1.807) is 0 Å². The van der Waals surface area contributed by atoms with Gasteiger partial charge in [0.2, 0.25) is 0 Å². The van der Waals surface area contributed by atoms with Crippen molar-refractivity contribution in [2.75, 3.05) is 19.5 Å². The lowest BCUT2D eigenvalue weighted by molar-refractivity contribution is -0.123. The molecule has 9 heteroatoms. The van der Waals surface area contributed by atoms with Gasteiger partial charge in [0, 0.05) is 6.07 Å². The second kappa shape index (κ2) is 8.43. The van der Waals surface area contributed by atoms with Crippen LogP contribution in [0, 0.1) is 17.5 Å². The number of halogens is 3. The third kappa shape index (κ3) is 4.49. The first-order valence-electron chi connectivity index (χ1n) is 7.65. The van der Waals surface area contributed by atoms with Crippen molar-refractivity contribution < 1.29 is 37.0 Å². The molecule has 27 heavy (non-hydrogen) atoms. The van der Waals surface area contributed by atoms with Gasteiger partial charge in [0.05, 0.1) is 19.9 Å². The molecule has 0 saturated carbocycles. The molecule has 0 aliphatic rings. The van der Waals surface area contributed by atoms with Crippen molar-refractivity contribution in [1.82, 2.24) is 0 Å². The van der Waals surface area contributed by atoms with Gasteiger partial charge in [-0.1, -0.05) is 0 Å². The normalized spacial score (nSPS) is 11.5. The number of anilines is 1. The fraction of sp³-hybridized carbons (Fsp3) is 0.222. The molecule has 144 valence electrons. The van der Waals surface area contributed by atoms with Crippen molar-refractivity contribution >= 4 is 17.6 Å². The van der Waals surface area contributed by atoms with Crippen LogP contribution in [-0.4, -0.2) is 32.2 Å². The summed E-state index contributed by atoms with van der Waals surface area (Å²) in [6, 6.07) is 5.86. The highest BCUT2D eigenvalue weighted by Gasteiger charge is 2.23. The molecular weight excluding hydrogens is 367 g/mol. The molecule has 2 aromatic rings. The summed E-state index contributed by atoms with van der Waals surface area (Å²) in [6.45, 7) is 1.24. The number of methoxy groups -OCH3 is 2. The quantitative estimate of drug-likeness (QED) is 0.612. The Labute approximate surface area is 152 Å². The van der Waals surface area contributed by atoms with Gasteiger partial charge in [0.15, 0.2) is 23.6 Å². The minimum atomic E-state index is -1.72. The zero-order valence-corrected chi connectivity index (χ0v) is 14.6. The summed E-state index contributed by atoms with van der Waals surface area (Å²) in [5.74, 6) is -5.86. The van der Waals surface area contributed by atoms with Gasteiger partial charge in [-0.2, -0.15) is 0 Å². The second-order valence-electron chi connectivity index (χ2n) is 5.33. The second-order valence-corrected chi connectivity index (χ2v) is 5.33. The molecule has 0 heterocycles. The summed E-state index contributed by atoms with van der Waals surface area (Å²) < 4.78 is 54.9. The van der Waals surface area contributed by atoms with Crippen molar-refractivity contribution in [2.24, 2.45) is 0 Å². The van der Waals surface area contributed by atoms with Gasteiger partial charge in [0.1, 0.15) is 17.1 Å². The highest BCUT2D eigenvalue weighted by molar-refractivity contribution is 5.98. The van der Waals surface area contributed by atoms with Crippen LogP contribution in [0.1, 0.15) is 17.3 Å². The van der Waals surface area contributed by atoms with E-state index in [1.807, 2.05) is 5.32 Å². The number of hydrogen-bond acceptors (Lipinski definition) is 5. The van der Waals surface area contributed by atoms with E-state index in [2.05, 4.69) is 0 Å². The van der Waals surface area contributed by atoms with Gasteiger partial charge in [0.25, 0.3) is 5.91 Å². The van der Waals surface area contributed by atoms with E-state index in [4.69, 9.17) is 14.2 Å². The first-order chi connectivity index (χ1) is 12.8. The maximum Gasteiger partial charge on any atom is 0.342 e. The topological polar surface area (TPSA) is 73.9 Å². The Bertz CT molecular complexity index is 872. The number of rotatable bonds is 6. The summed E-state index contributed by atoms with van der Waals surface area (Å²) in [4.78, 5) is 24.3. The first kappa shape index (κ1) is 20.1. The number of ether oxygens (including phenoxy) is 3. The lowest BCUT2D eigenvalue weighted by Crippen LogP contribution is -2.30. The van der Waals surface area contributed by atoms with E-state index in [0.29, 0.717) is 11.8 Å². The zero-order valence-electron chi connectivity index (χ0n) is 14.6. The Hall–Kier alpha value is -3.23. The third-order valence-electron chi connectivity index (χ3n) is 3.57. The minimum Gasteiger partial charge on any atom is -0.497 e. The Morgan fingerprint density at radius 1 is 1.00 bits per heavy atom. The molecule has 2 aromatic carbocycles. The number of carbonyl (C=O) groups excluding carboxylic acids is 2. The standard InChI is InChI=1S/C18H16F3NO5/c1-9(17(23)22-13-7-6-12(19)15(20)16(13)21)27-18(24)11-5-4-10(25-2)8-14(11)26-3/h4-9H,1-3H3,(H,22,23)/t9-/m1/s1. The molecule has 1 N–H and O–H groups in total. The fourth-order valence-electron chi connectivity index (χ4n) is 2.10. The molecule has 0 unspecified atom stereocenters. The van der Waals surface area contributed by atoms with Crippen LogP contribution in [-0.2, 0) is 9.53 Å². The smallest absolute Gasteiger partial charge is 0.342 e. The van der Waals surface area contributed by atoms with E-state index < -0.39 is 41.1 Å². The molecule has 6 nitrogen and oxygen atoms in total. The molecule has 0 fully saturated rings. The van der Waals surface area contributed by atoms with Crippen molar-refractivity contribution in [2.45, 2.75) is 13.0 Å². The van der Waals surface area contributed by atoms with Crippen LogP contribution < -0.4 is 14.8 Å². The van der Waals surface area contributed by atoms with Gasteiger partial charge in [-0.3, -0.25) is 4.79 Å². The number of hydrogen-bond donors (Lipinski definition) is 1. The van der Waals surface area contributed by atoms with Crippen molar-refractivity contribution in [3.63, 3.8) is 0 Å². The molecule has 2 rings (SSSR count). The molecule has 0 aliphatic carbocycles. The highest BCUT2D eigenvalue weighted by Crippen LogP contribution is 2.26. The van der Waals surface area contributed by atoms with Gasteiger partial charge >= 0.3 is 5.97 Å². The van der Waals surface area contributed by atoms with E-state index >= 15 is 0 Å². The summed E-state index contributed by atoms with van der Waals surface area (Å²) in [6.07, 6.45) is -1.35. The third-order valence-corrected chi connectivity index (χ3v) is 3.57. The Morgan fingerprint density at radius 3 is 2.33 bits per heavy atom. The van der Waals surface area contributed by atoms with E-state index in [0.717, 1.165) is 6.07 Å². The van der Waals surface area contributed by atoms with Crippen LogP contribution in [0.15, 0.2) is 30.3 Å². The molecule has 1 atom stereocenters. The predicted octanol–water partition coefficient (Wildman–Crippen LogP) is 3.31. The van der Waals surface area contributed by atoms with Gasteiger partial charge < -0.3 is 19.5 Å². The van der Waals surface area contributed by atoms with Crippen LogP contribution in [0.2, 0.25) is 0 Å². The maximum absolute atomic E-state index is 13.6. The van der Waals surface area contributed by atoms with Gasteiger partial charge in [-0.15, -0.1) is 0 Å². The van der Waals surface area contributed by atoms with Gasteiger partial charge in [-0.05, 0) is 31.2 Å². The monoisotopic (exact) mass is 383 g/mol. The number of esters is 1. The SMILES string of the molecule is COc1ccc(C(=O)O[C@H](C)C(=O)Nc2ccc(F)c(F)c2F)c(OC)c1. The van der Waals surface area contributed by atoms with Crippen molar-refractivity contribution in [3.8, 4) is 11.5 Å². The summed E-state index contributed by atoms with van der Waals surface area (Å²) >= 11 is 0. The van der Waals surface area contributed by atoms with E-state index in [9.17, 15) is 22.8 Å². The predicted molar refractivity (Wildman–Crippen MR) is 89.4 cm³/mol. The summed E-state index contributed by atoms with van der Waals surface area (Å²) in [5.41, 5.74) is -0.541. The summed E-state index contributed by atoms with van der Waals surface area (Å²) in [5, 5.41) is 2.03. The molecule has 0 radical (unpaired) electrons. The lowest BCUT2D eigenvalue weighted by Gasteiger charge is -2.15. The molecule has 0 aliphatic heterocycles. The number of carbonyl (C=O) groups is 2. The molecule has 0 spiro atoms. The molecular formula is C18H16F3NO5. The minimum absolute atomic E-state index is 0.0388. The zero-order chi connectivity index (χ0) is 20.1. The van der Waals surface area contributed by atoms with E-state index in [1.165, 1.54) is 39.3 Å². The largest absolute Gasteiger partial charge is 0.497 e. The van der Waals surface area contributed by atoms with Crippen molar-refractivity contribution in [3.05, 3.63) is 53.3 Å². The lowest BCUT2D eigenvalue weighted by atomic mass is 10.2. The average Bonchev–Trinajstić information content (AvgIpc) is 2.67. The highest BCUT2D eigenvalue weighted by atomic mass is 19.2. The van der Waals surface area contributed by atoms with E-state index in [-0.39, 0.29) is 11.3 Å². The van der Waals surface area contributed by atoms with Crippen molar-refractivity contribution in [1.29, 1.82) is 0 Å². The van der Waals surface area contributed by atoms with Crippen LogP contribution >= 0.6 is 0 Å². The fourth-order valence-corrected chi connectivity index (χ4v) is 2.10. The first-order valence-corrected chi connectivity index (χ1v) is 7.65. The van der Waals surface area contributed by atoms with Gasteiger partial charge in [-0.25, -0.2) is 18.0 Å².